The Balaban J connectivity index is 0.000000277. The van der Waals surface area contributed by atoms with Gasteiger partial charge in [-0.15, -0.1) is 0 Å². The number of aliphatic carboxylic acids is 1. The fraction of sp³-hybridized carbons (Fsp3) is 0.677. The van der Waals surface area contributed by atoms with Gasteiger partial charge in [0.2, 0.25) is 0 Å². The maximum atomic E-state index is 10.2. The zero-order valence-corrected chi connectivity index (χ0v) is 22.0. The molecule has 0 unspecified atom stereocenters. The lowest BCUT2D eigenvalue weighted by Crippen LogP contribution is -2.49. The molecule has 4 nitrogen and oxygen atoms in total. The molecule has 6 atom stereocenters. The number of rotatable bonds is 6. The van der Waals surface area contributed by atoms with Crippen molar-refractivity contribution in [2.45, 2.75) is 104 Å². The molecule has 0 radical (unpaired) electrons. The molecule has 4 aliphatic carbocycles. The Morgan fingerprint density at radius 1 is 1.06 bits per heavy atom. The first-order chi connectivity index (χ1) is 16.8. The fourth-order valence-corrected chi connectivity index (χ4v) is 7.88. The summed E-state index contributed by atoms with van der Waals surface area (Å²) in [5.41, 5.74) is 5.09. The van der Waals surface area contributed by atoms with E-state index in [0.29, 0.717) is 17.3 Å². The number of allylic oxidation sites excluding steroid dienone is 3. The highest BCUT2D eigenvalue weighted by molar-refractivity contribution is 5.72. The number of carbonyl (C=O) groups is 1. The third-order valence-electron chi connectivity index (χ3n) is 9.88. The van der Waals surface area contributed by atoms with E-state index in [-0.39, 0.29) is 6.10 Å². The van der Waals surface area contributed by atoms with Gasteiger partial charge in [0.25, 0.3) is 0 Å². The largest absolute Gasteiger partial charge is 0.481 e. The van der Waals surface area contributed by atoms with Gasteiger partial charge in [-0.25, -0.2) is 0 Å². The fourth-order valence-electron chi connectivity index (χ4n) is 7.88. The second kappa shape index (κ2) is 11.0. The number of aliphatic hydroxyl groups excluding tert-OH is 1. The van der Waals surface area contributed by atoms with E-state index in [1.165, 1.54) is 44.1 Å². The number of nitrogens with zero attached hydrogens (tertiary/aromatic N) is 1. The average molecular weight is 480 g/mol. The highest BCUT2D eigenvalue weighted by Gasteiger charge is 2.56. The Hall–Kier alpha value is -1.94. The van der Waals surface area contributed by atoms with E-state index in [1.54, 1.807) is 11.1 Å². The smallest absolute Gasteiger partial charge is 0.303 e. The lowest BCUT2D eigenvalue weighted by Gasteiger charge is -2.57. The van der Waals surface area contributed by atoms with Crippen molar-refractivity contribution in [3.8, 4) is 0 Å². The Morgan fingerprint density at radius 2 is 1.86 bits per heavy atom. The number of unbranched alkanes of at least 4 members (excludes halogenated alkanes) is 3. The van der Waals surface area contributed by atoms with Gasteiger partial charge in [0.15, 0.2) is 0 Å². The van der Waals surface area contributed by atoms with Crippen molar-refractivity contribution in [3.63, 3.8) is 0 Å². The zero-order valence-electron chi connectivity index (χ0n) is 22.0. The number of hydrogen-bond donors (Lipinski definition) is 2. The maximum Gasteiger partial charge on any atom is 0.303 e. The molecule has 0 amide bonds. The predicted molar refractivity (Wildman–Crippen MR) is 142 cm³/mol. The monoisotopic (exact) mass is 479 g/mol. The molecule has 192 valence electrons. The van der Waals surface area contributed by atoms with Crippen molar-refractivity contribution >= 4 is 11.5 Å². The van der Waals surface area contributed by atoms with Crippen molar-refractivity contribution in [2.75, 3.05) is 0 Å². The van der Waals surface area contributed by atoms with Gasteiger partial charge in [-0.3, -0.25) is 9.78 Å². The van der Waals surface area contributed by atoms with Crippen LogP contribution < -0.4 is 0 Å². The Labute approximate surface area is 211 Å². The summed E-state index contributed by atoms with van der Waals surface area (Å²) < 4.78 is 0. The number of hydrogen-bond acceptors (Lipinski definition) is 3. The zero-order chi connectivity index (χ0) is 25.1. The number of pyridine rings is 1. The molecule has 0 aliphatic heterocycles. The van der Waals surface area contributed by atoms with Gasteiger partial charge >= 0.3 is 5.97 Å². The minimum atomic E-state index is -0.675. The molecular weight excluding hydrogens is 434 g/mol. The van der Waals surface area contributed by atoms with Crippen molar-refractivity contribution < 1.29 is 15.0 Å². The molecule has 4 heteroatoms. The molecule has 0 aromatic carbocycles. The van der Waals surface area contributed by atoms with E-state index < -0.39 is 5.97 Å². The number of carboxylic acids is 1. The number of fused-ring (bicyclic) bond motifs is 5. The summed E-state index contributed by atoms with van der Waals surface area (Å²) in [6.07, 6.45) is 21.6. The first-order valence-electron chi connectivity index (χ1n) is 14.0. The van der Waals surface area contributed by atoms with Gasteiger partial charge in [-0.2, -0.15) is 0 Å². The predicted octanol–water partition coefficient (Wildman–Crippen LogP) is 7.44. The van der Waals surface area contributed by atoms with E-state index in [4.69, 9.17) is 5.11 Å². The molecule has 2 fully saturated rings. The number of carboxylic acid groups (broad SMARTS) is 1. The van der Waals surface area contributed by atoms with Crippen LogP contribution in [-0.2, 0) is 4.79 Å². The van der Waals surface area contributed by atoms with Crippen molar-refractivity contribution in [3.05, 3.63) is 47.8 Å². The third-order valence-corrected chi connectivity index (χ3v) is 9.88. The van der Waals surface area contributed by atoms with Crippen LogP contribution in [0.5, 0.6) is 0 Å². The normalized spacial score (nSPS) is 35.4. The van der Waals surface area contributed by atoms with Gasteiger partial charge in [-0.1, -0.05) is 63.8 Å². The highest BCUT2D eigenvalue weighted by Crippen LogP contribution is 2.66. The van der Waals surface area contributed by atoms with E-state index in [2.05, 4.69) is 50.0 Å². The summed E-state index contributed by atoms with van der Waals surface area (Å²) in [6, 6.07) is 4.31. The molecule has 1 aromatic rings. The van der Waals surface area contributed by atoms with Crippen LogP contribution in [0.1, 0.15) is 103 Å². The van der Waals surface area contributed by atoms with Crippen molar-refractivity contribution in [2.24, 2.45) is 28.6 Å². The van der Waals surface area contributed by atoms with E-state index in [0.717, 1.165) is 49.9 Å². The Bertz CT molecular complexity index is 938. The molecule has 5 rings (SSSR count). The summed E-state index contributed by atoms with van der Waals surface area (Å²) in [6.45, 7) is 7.14. The molecular formula is C31H45NO3. The topological polar surface area (TPSA) is 70.4 Å². The lowest BCUT2D eigenvalue weighted by atomic mass is 9.47. The molecule has 1 aromatic heterocycles. The number of aliphatic hydroxyl groups is 1. The molecule has 1 heterocycles. The highest BCUT2D eigenvalue weighted by atomic mass is 16.4. The van der Waals surface area contributed by atoms with Crippen LogP contribution in [0.2, 0.25) is 0 Å². The quantitative estimate of drug-likeness (QED) is 0.328. The first-order valence-corrected chi connectivity index (χ1v) is 14.0. The molecule has 0 bridgehead atoms. The maximum absolute atomic E-state index is 10.2. The van der Waals surface area contributed by atoms with Crippen LogP contribution in [-0.4, -0.2) is 27.3 Å². The summed E-state index contributed by atoms with van der Waals surface area (Å²) in [5, 5.41) is 18.4. The first kappa shape index (κ1) is 26.1. The van der Waals surface area contributed by atoms with E-state index in [9.17, 15) is 9.90 Å². The Morgan fingerprint density at radius 3 is 2.57 bits per heavy atom. The number of aromatic nitrogens is 1. The molecule has 2 N–H and O–H groups in total. The second-order valence-electron chi connectivity index (χ2n) is 11.9. The molecule has 4 aliphatic rings. The summed E-state index contributed by atoms with van der Waals surface area (Å²) in [5.74, 6) is 1.68. The Kier molecular flexibility index (Phi) is 8.20. The summed E-state index contributed by atoms with van der Waals surface area (Å²) in [4.78, 5) is 14.3. The molecule has 0 saturated heterocycles. The van der Waals surface area contributed by atoms with Gasteiger partial charge in [0.1, 0.15) is 0 Å². The second-order valence-corrected chi connectivity index (χ2v) is 11.9. The van der Waals surface area contributed by atoms with Crippen LogP contribution in [0.3, 0.4) is 0 Å². The summed E-state index contributed by atoms with van der Waals surface area (Å²) in [7, 11) is 0. The lowest BCUT2D eigenvalue weighted by molar-refractivity contribution is -0.137. The van der Waals surface area contributed by atoms with Crippen molar-refractivity contribution in [1.82, 2.24) is 4.98 Å². The van der Waals surface area contributed by atoms with Crippen LogP contribution in [0.15, 0.2) is 42.3 Å². The van der Waals surface area contributed by atoms with Crippen LogP contribution in [0.25, 0.3) is 5.57 Å². The van der Waals surface area contributed by atoms with E-state index >= 15 is 0 Å². The summed E-state index contributed by atoms with van der Waals surface area (Å²) >= 11 is 0. The van der Waals surface area contributed by atoms with Gasteiger partial charge in [0.05, 0.1) is 6.10 Å². The SMILES string of the molecule is CCCCCCC(=O)O.C[C@]12CC[C@H](O)CC1=CC[C@@H]1[C@@H]2CC[C@]2(C)C(c3cccnc3)=CC[C@@H]12. The van der Waals surface area contributed by atoms with Crippen LogP contribution >= 0.6 is 0 Å². The minimum Gasteiger partial charge on any atom is -0.481 e. The van der Waals surface area contributed by atoms with Gasteiger partial charge < -0.3 is 10.2 Å². The third kappa shape index (κ3) is 5.28. The molecule has 0 spiro atoms. The minimum absolute atomic E-state index is 0.106. The van der Waals surface area contributed by atoms with Crippen LogP contribution in [0.4, 0.5) is 0 Å². The molecule has 2 saturated carbocycles. The van der Waals surface area contributed by atoms with Crippen molar-refractivity contribution in [1.29, 1.82) is 0 Å². The average Bonchev–Trinajstić information content (AvgIpc) is 3.20. The van der Waals surface area contributed by atoms with Gasteiger partial charge in [-0.05, 0) is 97.2 Å². The van der Waals surface area contributed by atoms with Crippen LogP contribution in [0, 0.1) is 28.6 Å². The molecule has 35 heavy (non-hydrogen) atoms. The van der Waals surface area contributed by atoms with E-state index in [1.807, 2.05) is 12.4 Å². The van der Waals surface area contributed by atoms with Gasteiger partial charge in [0, 0.05) is 18.8 Å². The standard InChI is InChI=1S/C24H31NO.C7H14O2/c1-23-11-9-18(26)14-17(23)5-6-19-21-8-7-20(16-4-3-13-25-15-16)24(21,2)12-10-22(19)23;1-2-3-4-5-6-7(8)9/h3-5,7,13,15,18-19,21-22,26H,6,8-12,14H2,1-2H3;2-6H2,1H3,(H,8,9)/t18-,19-,21-,22-,23-,24+;/m0./s1.